The van der Waals surface area contributed by atoms with E-state index in [2.05, 4.69) is 20.9 Å². The summed E-state index contributed by atoms with van der Waals surface area (Å²) in [7, 11) is 1.51. The van der Waals surface area contributed by atoms with Crippen molar-refractivity contribution in [1.82, 2.24) is 9.88 Å². The third-order valence-corrected chi connectivity index (χ3v) is 3.62. The molecule has 0 spiro atoms. The minimum absolute atomic E-state index is 0.114. The van der Waals surface area contributed by atoms with E-state index in [-0.39, 0.29) is 13.0 Å². The lowest BCUT2D eigenvalue weighted by atomic mass is 10.2. The highest BCUT2D eigenvalue weighted by Crippen LogP contribution is 2.25. The van der Waals surface area contributed by atoms with Crippen LogP contribution >= 0.6 is 15.9 Å². The Morgan fingerprint density at radius 2 is 2.25 bits per heavy atom. The quantitative estimate of drug-likeness (QED) is 0.888. The van der Waals surface area contributed by atoms with Crippen molar-refractivity contribution in [2.75, 3.05) is 18.5 Å². The molecular formula is C12H13BrFN3O3. The molecule has 2 heterocycles. The van der Waals surface area contributed by atoms with Crippen LogP contribution < -0.4 is 4.90 Å². The number of nitrogens with zero attached hydrogens (tertiary/aromatic N) is 3. The number of likely N-dealkylation sites (N-methyl/N-ethyl adjacent to an activating group) is 1. The van der Waals surface area contributed by atoms with E-state index >= 15 is 0 Å². The second kappa shape index (κ2) is 5.74. The van der Waals surface area contributed by atoms with E-state index in [0.717, 1.165) is 4.90 Å². The smallest absolute Gasteiger partial charge is 0.408 e. The molecular weight excluding hydrogens is 333 g/mol. The van der Waals surface area contributed by atoms with Crippen LogP contribution in [0.25, 0.3) is 0 Å². The molecule has 0 aromatic carbocycles. The summed E-state index contributed by atoms with van der Waals surface area (Å²) >= 11 is 3.24. The van der Waals surface area contributed by atoms with E-state index < -0.39 is 24.2 Å². The summed E-state index contributed by atoms with van der Waals surface area (Å²) in [4.78, 5) is 29.4. The molecule has 2 amide bonds. The lowest BCUT2D eigenvalue weighted by Crippen LogP contribution is -2.46. The molecule has 2 rings (SSSR count). The molecule has 1 aliphatic rings. The van der Waals surface area contributed by atoms with Crippen LogP contribution in [0.4, 0.5) is 14.9 Å². The van der Waals surface area contributed by atoms with E-state index in [9.17, 15) is 14.0 Å². The van der Waals surface area contributed by atoms with E-state index in [0.29, 0.717) is 10.2 Å². The van der Waals surface area contributed by atoms with Gasteiger partial charge in [0.05, 0.1) is 18.4 Å². The lowest BCUT2D eigenvalue weighted by Gasteiger charge is -2.25. The first kappa shape index (κ1) is 14.7. The fraction of sp³-hybridized carbons (Fsp3) is 0.417. The van der Waals surface area contributed by atoms with Crippen LogP contribution in [-0.2, 0) is 4.79 Å². The van der Waals surface area contributed by atoms with Crippen molar-refractivity contribution in [2.24, 2.45) is 0 Å². The topological polar surface area (TPSA) is 73.7 Å². The van der Waals surface area contributed by atoms with Gasteiger partial charge in [0.25, 0.3) is 0 Å². The highest BCUT2D eigenvalue weighted by molar-refractivity contribution is 9.10. The van der Waals surface area contributed by atoms with Gasteiger partial charge in [-0.1, -0.05) is 0 Å². The van der Waals surface area contributed by atoms with E-state index in [1.807, 2.05) is 0 Å². The van der Waals surface area contributed by atoms with Crippen molar-refractivity contribution in [2.45, 2.75) is 18.6 Å². The van der Waals surface area contributed by atoms with Gasteiger partial charge >= 0.3 is 6.09 Å². The Morgan fingerprint density at radius 3 is 2.85 bits per heavy atom. The average molecular weight is 346 g/mol. The van der Waals surface area contributed by atoms with Gasteiger partial charge in [-0.3, -0.25) is 14.7 Å². The first-order valence-electron chi connectivity index (χ1n) is 5.92. The Labute approximate surface area is 123 Å². The number of likely N-dealkylation sites (tertiary alicyclic amines) is 1. The molecule has 1 saturated heterocycles. The molecule has 0 radical (unpaired) electrons. The maximum atomic E-state index is 13.4. The molecule has 1 fully saturated rings. The molecule has 1 aliphatic heterocycles. The van der Waals surface area contributed by atoms with Crippen LogP contribution in [0.15, 0.2) is 22.9 Å². The van der Waals surface area contributed by atoms with Gasteiger partial charge in [-0.2, -0.15) is 0 Å². The Morgan fingerprint density at radius 1 is 1.55 bits per heavy atom. The summed E-state index contributed by atoms with van der Waals surface area (Å²) in [6.45, 7) is -0.268. The van der Waals surface area contributed by atoms with Crippen molar-refractivity contribution in [3.8, 4) is 0 Å². The van der Waals surface area contributed by atoms with Gasteiger partial charge in [0.2, 0.25) is 5.91 Å². The number of amides is 2. The number of halogens is 2. The van der Waals surface area contributed by atoms with Crippen LogP contribution in [0.2, 0.25) is 0 Å². The number of carboxylic acid groups (broad SMARTS) is 1. The van der Waals surface area contributed by atoms with Crippen LogP contribution in [-0.4, -0.2) is 52.8 Å². The highest BCUT2D eigenvalue weighted by Gasteiger charge is 2.41. The molecule has 0 saturated carbocycles. The Balaban J connectivity index is 2.20. The molecule has 1 aromatic heterocycles. The predicted octanol–water partition coefficient (Wildman–Crippen LogP) is 1.90. The predicted molar refractivity (Wildman–Crippen MR) is 73.4 cm³/mol. The molecule has 0 unspecified atom stereocenters. The average Bonchev–Trinajstić information content (AvgIpc) is 2.79. The van der Waals surface area contributed by atoms with Crippen LogP contribution in [0.5, 0.6) is 0 Å². The first-order chi connectivity index (χ1) is 9.40. The molecule has 2 atom stereocenters. The van der Waals surface area contributed by atoms with Crippen LogP contribution in [0.3, 0.4) is 0 Å². The van der Waals surface area contributed by atoms with E-state index in [4.69, 9.17) is 5.11 Å². The second-order valence-electron chi connectivity index (χ2n) is 4.54. The van der Waals surface area contributed by atoms with Gasteiger partial charge < -0.3 is 10.0 Å². The van der Waals surface area contributed by atoms with Crippen molar-refractivity contribution < 1.29 is 19.1 Å². The summed E-state index contributed by atoms with van der Waals surface area (Å²) < 4.78 is 14.1. The third-order valence-electron chi connectivity index (χ3n) is 3.19. The molecule has 6 nitrogen and oxygen atoms in total. The van der Waals surface area contributed by atoms with Gasteiger partial charge in [-0.15, -0.1) is 0 Å². The summed E-state index contributed by atoms with van der Waals surface area (Å²) in [5.74, 6) is -0.465. The molecule has 108 valence electrons. The van der Waals surface area contributed by atoms with Crippen molar-refractivity contribution >= 4 is 33.6 Å². The maximum Gasteiger partial charge on any atom is 0.408 e. The first-order valence-corrected chi connectivity index (χ1v) is 6.71. The number of hydrogen-bond acceptors (Lipinski definition) is 3. The van der Waals surface area contributed by atoms with Gasteiger partial charge in [0.15, 0.2) is 0 Å². The number of pyridine rings is 1. The van der Waals surface area contributed by atoms with Gasteiger partial charge in [-0.05, 0) is 22.0 Å². The monoisotopic (exact) mass is 345 g/mol. The molecule has 1 N–H and O–H groups in total. The number of carbonyl (C=O) groups excluding carboxylic acids is 1. The summed E-state index contributed by atoms with van der Waals surface area (Å²) in [5, 5.41) is 9.02. The molecule has 0 aliphatic carbocycles. The number of aromatic nitrogens is 1. The third kappa shape index (κ3) is 2.90. The normalized spacial score (nSPS) is 21.9. The van der Waals surface area contributed by atoms with Gasteiger partial charge in [0.1, 0.15) is 12.2 Å². The molecule has 1 aromatic rings. The Kier molecular flexibility index (Phi) is 4.22. The van der Waals surface area contributed by atoms with Gasteiger partial charge in [0, 0.05) is 24.1 Å². The second-order valence-corrected chi connectivity index (χ2v) is 5.46. The summed E-state index contributed by atoms with van der Waals surface area (Å²) in [6.07, 6.45) is 0.337. The van der Waals surface area contributed by atoms with E-state index in [1.165, 1.54) is 18.1 Å². The summed E-state index contributed by atoms with van der Waals surface area (Å²) in [6, 6.07) is 0.684. The van der Waals surface area contributed by atoms with Crippen molar-refractivity contribution in [3.63, 3.8) is 0 Å². The fourth-order valence-electron chi connectivity index (χ4n) is 2.17. The highest BCUT2D eigenvalue weighted by atomic mass is 79.9. The van der Waals surface area contributed by atoms with Gasteiger partial charge in [-0.25, -0.2) is 9.18 Å². The zero-order valence-corrected chi connectivity index (χ0v) is 12.2. The SMILES string of the molecule is CN(C(=O)[C@@H]1C[C@@H](F)CN1C(=O)O)c1cncc(Br)c1. The molecule has 8 heteroatoms. The number of anilines is 1. The number of carbonyl (C=O) groups is 2. The molecule has 0 bridgehead atoms. The largest absolute Gasteiger partial charge is 0.465 e. The minimum Gasteiger partial charge on any atom is -0.465 e. The zero-order valence-electron chi connectivity index (χ0n) is 10.7. The number of rotatable bonds is 2. The Bertz CT molecular complexity index is 542. The van der Waals surface area contributed by atoms with Crippen LogP contribution in [0, 0.1) is 0 Å². The minimum atomic E-state index is -1.31. The van der Waals surface area contributed by atoms with Crippen LogP contribution in [0.1, 0.15) is 6.42 Å². The number of hydrogen-bond donors (Lipinski definition) is 1. The summed E-state index contributed by atoms with van der Waals surface area (Å²) in [5.41, 5.74) is 0.511. The van der Waals surface area contributed by atoms with Crippen molar-refractivity contribution in [1.29, 1.82) is 0 Å². The molecule has 20 heavy (non-hydrogen) atoms. The van der Waals surface area contributed by atoms with E-state index in [1.54, 1.807) is 12.3 Å². The zero-order chi connectivity index (χ0) is 14.9. The van der Waals surface area contributed by atoms with Crippen molar-refractivity contribution in [3.05, 3.63) is 22.9 Å². The number of alkyl halides is 1. The maximum absolute atomic E-state index is 13.4. The lowest BCUT2D eigenvalue weighted by molar-refractivity contribution is -0.122. The Hall–Kier alpha value is -1.70. The standard InChI is InChI=1S/C12H13BrFN3O3/c1-16(9-2-7(13)4-15-5-9)11(18)10-3-8(14)6-17(10)12(19)20/h2,4-5,8,10H,3,6H2,1H3,(H,19,20)/t8-,10+/m1/s1. The fourth-order valence-corrected chi connectivity index (χ4v) is 2.52.